The van der Waals surface area contributed by atoms with E-state index in [1.165, 1.54) is 31.2 Å². The summed E-state index contributed by atoms with van der Waals surface area (Å²) in [4.78, 5) is 25.0. The van der Waals surface area contributed by atoms with Crippen molar-refractivity contribution in [1.29, 1.82) is 0 Å². The van der Waals surface area contributed by atoms with Crippen molar-refractivity contribution in [3.63, 3.8) is 0 Å². The molecule has 1 aliphatic rings. The Morgan fingerprint density at radius 1 is 1.10 bits per heavy atom. The molecule has 1 amide bonds. The van der Waals surface area contributed by atoms with Crippen molar-refractivity contribution in [1.82, 2.24) is 5.32 Å². The lowest BCUT2D eigenvalue weighted by molar-refractivity contribution is -0.143. The molecule has 1 N–H and O–H groups in total. The topological polar surface area (TPSA) is 108 Å². The van der Waals surface area contributed by atoms with Crippen molar-refractivity contribution in [2.45, 2.75) is 77.0 Å². The van der Waals surface area contributed by atoms with Gasteiger partial charge < -0.3 is 19.0 Å². The summed E-state index contributed by atoms with van der Waals surface area (Å²) in [6.45, 7) is 8.00. The fourth-order valence-corrected chi connectivity index (χ4v) is 4.42. The van der Waals surface area contributed by atoms with Crippen LogP contribution in [0.2, 0.25) is 0 Å². The third kappa shape index (κ3) is 7.86. The standard InChI is InChI=1S/C27H31F4NO7S/c1-6-37-23(33)14-21(32-25(34)38-26(3,4)5)20-13-17(12-19(24(20)28)16-8-9-16)18-10-7-15(2)11-22(18)39-40(35,36)27(29,30)31/h7,10-13,16,21H,6,8-9,14H2,1-5H3,(H,32,34)/t21-/m0/s1. The monoisotopic (exact) mass is 589 g/mol. The van der Waals surface area contributed by atoms with Gasteiger partial charge in [-0.2, -0.15) is 21.6 Å². The molecule has 1 atom stereocenters. The third-order valence-corrected chi connectivity index (χ3v) is 6.79. The van der Waals surface area contributed by atoms with Crippen molar-refractivity contribution >= 4 is 22.2 Å². The van der Waals surface area contributed by atoms with Gasteiger partial charge in [-0.05, 0) is 88.3 Å². The molecule has 1 saturated carbocycles. The number of hydrogen-bond acceptors (Lipinski definition) is 7. The van der Waals surface area contributed by atoms with Gasteiger partial charge in [0.05, 0.1) is 19.1 Å². The zero-order valence-electron chi connectivity index (χ0n) is 22.6. The number of rotatable bonds is 9. The van der Waals surface area contributed by atoms with Crippen molar-refractivity contribution in [3.05, 3.63) is 52.8 Å². The van der Waals surface area contributed by atoms with Gasteiger partial charge in [-0.1, -0.05) is 12.1 Å². The minimum atomic E-state index is -6.01. The fraction of sp³-hybridized carbons (Fsp3) is 0.481. The van der Waals surface area contributed by atoms with Crippen LogP contribution in [-0.4, -0.2) is 38.2 Å². The Kier molecular flexibility index (Phi) is 9.07. The molecule has 0 aliphatic heterocycles. The number of ether oxygens (including phenoxy) is 2. The van der Waals surface area contributed by atoms with E-state index >= 15 is 4.39 Å². The van der Waals surface area contributed by atoms with Gasteiger partial charge in [0.2, 0.25) is 0 Å². The minimum Gasteiger partial charge on any atom is -0.466 e. The zero-order chi connectivity index (χ0) is 30.0. The molecule has 40 heavy (non-hydrogen) atoms. The highest BCUT2D eigenvalue weighted by Crippen LogP contribution is 2.46. The van der Waals surface area contributed by atoms with Gasteiger partial charge in [-0.3, -0.25) is 4.79 Å². The maximum atomic E-state index is 15.9. The Hall–Kier alpha value is -3.35. The molecule has 0 unspecified atom stereocenters. The highest BCUT2D eigenvalue weighted by molar-refractivity contribution is 7.88. The van der Waals surface area contributed by atoms with Crippen molar-refractivity contribution < 1.29 is 49.2 Å². The van der Waals surface area contributed by atoms with Crippen molar-refractivity contribution in [2.75, 3.05) is 6.61 Å². The van der Waals surface area contributed by atoms with Gasteiger partial charge >= 0.3 is 27.7 Å². The van der Waals surface area contributed by atoms with Gasteiger partial charge in [-0.15, -0.1) is 0 Å². The summed E-state index contributed by atoms with van der Waals surface area (Å²) in [7, 11) is -6.01. The molecule has 0 aromatic heterocycles. The van der Waals surface area contributed by atoms with Crippen LogP contribution in [0.25, 0.3) is 11.1 Å². The smallest absolute Gasteiger partial charge is 0.466 e. The molecule has 220 valence electrons. The number of nitrogens with one attached hydrogen (secondary N) is 1. The summed E-state index contributed by atoms with van der Waals surface area (Å²) in [5.74, 6) is -2.28. The maximum Gasteiger partial charge on any atom is 0.534 e. The van der Waals surface area contributed by atoms with Crippen LogP contribution in [0, 0.1) is 12.7 Å². The summed E-state index contributed by atoms with van der Waals surface area (Å²) in [6.07, 6.45) is -0.129. The van der Waals surface area contributed by atoms with Crippen LogP contribution in [0.4, 0.5) is 22.4 Å². The van der Waals surface area contributed by atoms with Gasteiger partial charge in [0, 0.05) is 11.1 Å². The number of benzene rings is 2. The average molecular weight is 590 g/mol. The Morgan fingerprint density at radius 2 is 1.75 bits per heavy atom. The second-order valence-corrected chi connectivity index (χ2v) is 12.0. The number of carbonyl (C=O) groups is 2. The Bertz CT molecular complexity index is 1380. The van der Waals surface area contributed by atoms with E-state index in [4.69, 9.17) is 9.47 Å². The van der Waals surface area contributed by atoms with Crippen molar-refractivity contribution in [2.24, 2.45) is 0 Å². The Balaban J connectivity index is 2.17. The summed E-state index contributed by atoms with van der Waals surface area (Å²) in [5.41, 5.74) is -6.05. The molecule has 13 heteroatoms. The largest absolute Gasteiger partial charge is 0.534 e. The number of esters is 1. The van der Waals surface area contributed by atoms with Crippen LogP contribution in [0.5, 0.6) is 5.75 Å². The number of alkyl halides is 3. The lowest BCUT2D eigenvalue weighted by Crippen LogP contribution is -2.36. The molecule has 0 spiro atoms. The van der Waals surface area contributed by atoms with E-state index in [0.29, 0.717) is 18.4 Å². The first kappa shape index (κ1) is 31.2. The molecule has 0 radical (unpaired) electrons. The zero-order valence-corrected chi connectivity index (χ0v) is 23.5. The first-order valence-electron chi connectivity index (χ1n) is 12.5. The Morgan fingerprint density at radius 3 is 2.30 bits per heavy atom. The summed E-state index contributed by atoms with van der Waals surface area (Å²) in [6, 6.07) is 5.36. The molecule has 3 rings (SSSR count). The van der Waals surface area contributed by atoms with Crippen LogP contribution >= 0.6 is 0 Å². The van der Waals surface area contributed by atoms with Crippen LogP contribution in [0.1, 0.15) is 75.6 Å². The third-order valence-electron chi connectivity index (χ3n) is 5.82. The number of halogens is 4. The van der Waals surface area contributed by atoms with E-state index < -0.39 is 57.3 Å². The van der Waals surface area contributed by atoms with Gasteiger partial charge in [0.15, 0.2) is 5.75 Å². The summed E-state index contributed by atoms with van der Waals surface area (Å²) in [5, 5.41) is 2.49. The molecular formula is C27H31F4NO7S. The summed E-state index contributed by atoms with van der Waals surface area (Å²) < 4.78 is 93.7. The van der Waals surface area contributed by atoms with E-state index in [1.807, 2.05) is 0 Å². The average Bonchev–Trinajstić information content (AvgIpc) is 3.62. The van der Waals surface area contributed by atoms with E-state index in [-0.39, 0.29) is 34.8 Å². The second kappa shape index (κ2) is 11.6. The van der Waals surface area contributed by atoms with E-state index in [0.717, 1.165) is 6.07 Å². The number of carbonyl (C=O) groups excluding carboxylic acids is 2. The molecule has 0 saturated heterocycles. The normalized spacial score (nSPS) is 14.8. The highest BCUT2D eigenvalue weighted by Gasteiger charge is 2.49. The SMILES string of the molecule is CCOC(=O)C[C@H](NC(=O)OC(C)(C)C)c1cc(-c2ccc(C)cc2OS(=O)(=O)C(F)(F)F)cc(C2CC2)c1F. The summed E-state index contributed by atoms with van der Waals surface area (Å²) >= 11 is 0. The lowest BCUT2D eigenvalue weighted by atomic mass is 9.92. The quantitative estimate of drug-likeness (QED) is 0.156. The molecular weight excluding hydrogens is 558 g/mol. The molecule has 2 aromatic rings. The van der Waals surface area contributed by atoms with E-state index in [1.54, 1.807) is 27.7 Å². The molecule has 0 bridgehead atoms. The van der Waals surface area contributed by atoms with E-state index in [2.05, 4.69) is 9.50 Å². The first-order valence-corrected chi connectivity index (χ1v) is 13.9. The molecule has 0 heterocycles. The van der Waals surface area contributed by atoms with E-state index in [9.17, 15) is 31.2 Å². The van der Waals surface area contributed by atoms with Gasteiger partial charge in [0.1, 0.15) is 11.4 Å². The Labute approximate surface area is 230 Å². The van der Waals surface area contributed by atoms with Gasteiger partial charge in [-0.25, -0.2) is 9.18 Å². The van der Waals surface area contributed by atoms with Crippen LogP contribution in [-0.2, 0) is 24.4 Å². The predicted octanol–water partition coefficient (Wildman–Crippen LogP) is 6.43. The van der Waals surface area contributed by atoms with Gasteiger partial charge in [0.25, 0.3) is 0 Å². The van der Waals surface area contributed by atoms with Crippen molar-refractivity contribution in [3.8, 4) is 16.9 Å². The fourth-order valence-electron chi connectivity index (χ4n) is 3.95. The minimum absolute atomic E-state index is 0.0333. The lowest BCUT2D eigenvalue weighted by Gasteiger charge is -2.25. The highest BCUT2D eigenvalue weighted by atomic mass is 32.2. The van der Waals surface area contributed by atoms with Crippen LogP contribution in [0.15, 0.2) is 30.3 Å². The van der Waals surface area contributed by atoms with Crippen LogP contribution in [0.3, 0.4) is 0 Å². The molecule has 2 aromatic carbocycles. The molecule has 8 nitrogen and oxygen atoms in total. The predicted molar refractivity (Wildman–Crippen MR) is 138 cm³/mol. The number of amides is 1. The second-order valence-electron chi connectivity index (χ2n) is 10.4. The number of hydrogen-bond donors (Lipinski definition) is 1. The first-order chi connectivity index (χ1) is 18.4. The van der Waals surface area contributed by atoms with Crippen LogP contribution < -0.4 is 9.50 Å². The number of alkyl carbamates (subject to hydrolysis) is 1. The molecule has 1 aliphatic carbocycles. The number of aryl methyl sites for hydroxylation is 1. The maximum absolute atomic E-state index is 15.9. The molecule has 1 fully saturated rings.